The minimum atomic E-state index is -0.962. The standard InChI is InChI=1S/C33H36ClN3O4S/c1-3-21(2)25(20-38)37-29-32(41)36(24-14-8-7-13-23(24)34)18-10-16-33(29)28(31(37)40)27-26(42-33)15-9-17-35(30(27)39)19-22-11-5-4-6-12-22/h4-16,21,25-29,38H,3,17-20H2,1-2H3/t21-,25-,26-,27+,28-,29?,33-/m0/s1. The zero-order chi connectivity index (χ0) is 29.6. The van der Waals surface area contributed by atoms with Gasteiger partial charge in [0.15, 0.2) is 0 Å². The van der Waals surface area contributed by atoms with Gasteiger partial charge in [0.2, 0.25) is 11.8 Å². The second-order valence-electron chi connectivity index (χ2n) is 11.7. The third-order valence-electron chi connectivity index (χ3n) is 9.38. The first-order valence-electron chi connectivity index (χ1n) is 14.7. The number of fused-ring (bicyclic) bond motifs is 2. The zero-order valence-electron chi connectivity index (χ0n) is 23.8. The Labute approximate surface area is 256 Å². The first-order chi connectivity index (χ1) is 20.3. The molecule has 4 aliphatic rings. The summed E-state index contributed by atoms with van der Waals surface area (Å²) >= 11 is 8.12. The molecule has 0 aliphatic carbocycles. The SMILES string of the molecule is CC[C@H](C)[C@H](CO)N1C(=O)[C@@H]2[C@@H]3C(=O)N(Cc4ccccc4)CC=C[C@@H]3S[C@@]23C=CCN(c2ccccc2Cl)C(=O)C13. The van der Waals surface area contributed by atoms with E-state index in [0.717, 1.165) is 12.0 Å². The third kappa shape index (κ3) is 4.59. The van der Waals surface area contributed by atoms with Gasteiger partial charge in [0.25, 0.3) is 5.91 Å². The number of likely N-dealkylation sites (tertiary alicyclic amines) is 1. The number of hydrogen-bond donors (Lipinski definition) is 1. The van der Waals surface area contributed by atoms with Crippen molar-refractivity contribution in [3.63, 3.8) is 0 Å². The number of nitrogens with zero attached hydrogens (tertiary/aromatic N) is 3. The highest BCUT2D eigenvalue weighted by Crippen LogP contribution is 2.61. The number of thioether (sulfide) groups is 1. The molecule has 0 aromatic heterocycles. The summed E-state index contributed by atoms with van der Waals surface area (Å²) in [5.74, 6) is -1.97. The second-order valence-corrected chi connectivity index (χ2v) is 13.6. The topological polar surface area (TPSA) is 81.2 Å². The van der Waals surface area contributed by atoms with E-state index in [1.54, 1.807) is 27.6 Å². The maximum atomic E-state index is 14.7. The van der Waals surface area contributed by atoms with Crippen molar-refractivity contribution in [1.82, 2.24) is 9.80 Å². The lowest BCUT2D eigenvalue weighted by atomic mass is 9.78. The van der Waals surface area contributed by atoms with Crippen LogP contribution in [0.1, 0.15) is 25.8 Å². The molecule has 0 saturated carbocycles. The summed E-state index contributed by atoms with van der Waals surface area (Å²) in [6.07, 6.45) is 8.73. The number of carbonyl (C=O) groups excluding carboxylic acids is 3. The van der Waals surface area contributed by atoms with Crippen molar-refractivity contribution in [3.05, 3.63) is 89.5 Å². The molecule has 9 heteroatoms. The highest BCUT2D eigenvalue weighted by atomic mass is 35.5. The van der Waals surface area contributed by atoms with Gasteiger partial charge in [-0.25, -0.2) is 0 Å². The summed E-state index contributed by atoms with van der Waals surface area (Å²) in [5.41, 5.74) is 1.60. The molecule has 2 aromatic rings. The van der Waals surface area contributed by atoms with Crippen LogP contribution in [0.5, 0.6) is 0 Å². The van der Waals surface area contributed by atoms with Crippen molar-refractivity contribution in [1.29, 1.82) is 0 Å². The van der Waals surface area contributed by atoms with E-state index < -0.39 is 28.7 Å². The van der Waals surface area contributed by atoms with E-state index in [2.05, 4.69) is 0 Å². The summed E-state index contributed by atoms with van der Waals surface area (Å²) in [4.78, 5) is 48.8. The van der Waals surface area contributed by atoms with Gasteiger partial charge in [-0.3, -0.25) is 14.4 Å². The van der Waals surface area contributed by atoms with Crippen LogP contribution in [0.2, 0.25) is 5.02 Å². The number of para-hydroxylation sites is 1. The molecule has 7 nitrogen and oxygen atoms in total. The van der Waals surface area contributed by atoms with Crippen molar-refractivity contribution in [2.24, 2.45) is 17.8 Å². The molecule has 3 amide bonds. The van der Waals surface area contributed by atoms with Gasteiger partial charge >= 0.3 is 0 Å². The minimum Gasteiger partial charge on any atom is -0.394 e. The lowest BCUT2D eigenvalue weighted by Crippen LogP contribution is -2.58. The zero-order valence-corrected chi connectivity index (χ0v) is 25.4. The summed E-state index contributed by atoms with van der Waals surface area (Å²) in [6.45, 7) is 4.94. The number of hydrogen-bond acceptors (Lipinski definition) is 5. The normalized spacial score (nSPS) is 30.1. The Bertz CT molecular complexity index is 1430. The van der Waals surface area contributed by atoms with Gasteiger partial charge in [-0.15, -0.1) is 11.8 Å². The van der Waals surface area contributed by atoms with Crippen LogP contribution in [0, 0.1) is 17.8 Å². The first kappa shape index (κ1) is 29.0. The van der Waals surface area contributed by atoms with E-state index in [4.69, 9.17) is 11.6 Å². The first-order valence-corrected chi connectivity index (χ1v) is 15.9. The molecule has 1 unspecified atom stereocenters. The molecule has 220 valence electrons. The van der Waals surface area contributed by atoms with Crippen molar-refractivity contribution < 1.29 is 19.5 Å². The lowest BCUT2D eigenvalue weighted by molar-refractivity contribution is -0.145. The molecule has 42 heavy (non-hydrogen) atoms. The molecule has 2 saturated heterocycles. The fraction of sp³-hybridized carbons (Fsp3) is 0.424. The predicted octanol–water partition coefficient (Wildman–Crippen LogP) is 4.55. The molecule has 6 rings (SSSR count). The van der Waals surface area contributed by atoms with Gasteiger partial charge in [-0.2, -0.15) is 0 Å². The van der Waals surface area contributed by atoms with Gasteiger partial charge in [0, 0.05) is 24.9 Å². The van der Waals surface area contributed by atoms with Gasteiger partial charge in [-0.05, 0) is 23.6 Å². The van der Waals surface area contributed by atoms with Crippen molar-refractivity contribution in [2.45, 2.75) is 48.9 Å². The molecule has 1 N–H and O–H groups in total. The molecule has 4 heterocycles. The summed E-state index contributed by atoms with van der Waals surface area (Å²) in [5, 5.41) is 10.8. The highest BCUT2D eigenvalue weighted by Gasteiger charge is 2.72. The Balaban J connectivity index is 1.45. The van der Waals surface area contributed by atoms with E-state index in [1.807, 2.05) is 91.6 Å². The Kier molecular flexibility index (Phi) is 7.98. The Hall–Kier alpha value is -3.07. The predicted molar refractivity (Wildman–Crippen MR) is 166 cm³/mol. The number of aliphatic hydroxyl groups is 1. The number of anilines is 1. The van der Waals surface area contributed by atoms with Crippen LogP contribution in [0.4, 0.5) is 5.69 Å². The summed E-state index contributed by atoms with van der Waals surface area (Å²) in [6, 6.07) is 15.6. The average molecular weight is 606 g/mol. The van der Waals surface area contributed by atoms with Crippen LogP contribution < -0.4 is 4.90 Å². The number of halogens is 1. The molecule has 4 aliphatic heterocycles. The highest BCUT2D eigenvalue weighted by molar-refractivity contribution is 8.02. The quantitative estimate of drug-likeness (QED) is 0.469. The number of benzene rings is 2. The second kappa shape index (κ2) is 11.5. The van der Waals surface area contributed by atoms with Crippen LogP contribution in [0.3, 0.4) is 0 Å². The van der Waals surface area contributed by atoms with Gasteiger partial charge in [0.1, 0.15) is 6.04 Å². The van der Waals surface area contributed by atoms with E-state index >= 15 is 0 Å². The number of aliphatic hydroxyl groups excluding tert-OH is 1. The van der Waals surface area contributed by atoms with Crippen LogP contribution in [0.25, 0.3) is 0 Å². The van der Waals surface area contributed by atoms with Crippen LogP contribution in [0.15, 0.2) is 78.9 Å². The number of rotatable bonds is 7. The number of amides is 3. The Morgan fingerprint density at radius 1 is 1.00 bits per heavy atom. The fourth-order valence-corrected chi connectivity index (χ4v) is 9.36. The molecule has 0 bridgehead atoms. The van der Waals surface area contributed by atoms with Crippen molar-refractivity contribution >= 4 is 46.8 Å². The van der Waals surface area contributed by atoms with Crippen molar-refractivity contribution in [3.8, 4) is 0 Å². The molecule has 1 spiro atoms. The van der Waals surface area contributed by atoms with E-state index in [1.165, 1.54) is 0 Å². The van der Waals surface area contributed by atoms with Gasteiger partial charge < -0.3 is 19.8 Å². The summed E-state index contributed by atoms with van der Waals surface area (Å²) < 4.78 is -0.962. The largest absolute Gasteiger partial charge is 0.394 e. The molecule has 2 fully saturated rings. The van der Waals surface area contributed by atoms with Crippen LogP contribution in [-0.2, 0) is 20.9 Å². The third-order valence-corrected chi connectivity index (χ3v) is 11.4. The van der Waals surface area contributed by atoms with Gasteiger partial charge in [-0.1, -0.05) is 98.6 Å². The van der Waals surface area contributed by atoms with Crippen LogP contribution >= 0.6 is 23.4 Å². The van der Waals surface area contributed by atoms with E-state index in [-0.39, 0.29) is 35.5 Å². The molecular formula is C33H36ClN3O4S. The average Bonchev–Trinajstić information content (AvgIpc) is 3.32. The maximum absolute atomic E-state index is 14.7. The smallest absolute Gasteiger partial charge is 0.251 e. The fourth-order valence-electron chi connectivity index (χ4n) is 7.13. The molecular weight excluding hydrogens is 570 g/mol. The Morgan fingerprint density at radius 2 is 1.74 bits per heavy atom. The Morgan fingerprint density at radius 3 is 2.45 bits per heavy atom. The van der Waals surface area contributed by atoms with Crippen molar-refractivity contribution in [2.75, 3.05) is 24.6 Å². The molecule has 7 atom stereocenters. The molecule has 0 radical (unpaired) electrons. The maximum Gasteiger partial charge on any atom is 0.251 e. The van der Waals surface area contributed by atoms with E-state index in [0.29, 0.717) is 30.3 Å². The van der Waals surface area contributed by atoms with Crippen LogP contribution in [-0.4, -0.2) is 74.4 Å². The number of carbonyl (C=O) groups is 3. The summed E-state index contributed by atoms with van der Waals surface area (Å²) in [7, 11) is 0. The van der Waals surface area contributed by atoms with E-state index in [9.17, 15) is 19.5 Å². The minimum absolute atomic E-state index is 0.0521. The lowest BCUT2D eigenvalue weighted by Gasteiger charge is -2.40. The van der Waals surface area contributed by atoms with Gasteiger partial charge in [0.05, 0.1) is 39.9 Å². The monoisotopic (exact) mass is 605 g/mol. The molecule has 2 aromatic carbocycles.